The molecule has 0 heterocycles. The van der Waals surface area contributed by atoms with E-state index in [-0.39, 0.29) is 5.91 Å². The van der Waals surface area contributed by atoms with Crippen LogP contribution < -0.4 is 14.8 Å². The minimum Gasteiger partial charge on any atom is -0.494 e. The van der Waals surface area contributed by atoms with Crippen LogP contribution in [-0.4, -0.2) is 18.6 Å². The van der Waals surface area contributed by atoms with Gasteiger partial charge in [-0.1, -0.05) is 32.0 Å². The van der Waals surface area contributed by atoms with Gasteiger partial charge in [0.15, 0.2) is 6.10 Å². The molecule has 0 fully saturated rings. The molecule has 1 unspecified atom stereocenters. The molecule has 25 heavy (non-hydrogen) atoms. The Morgan fingerprint density at radius 1 is 1.04 bits per heavy atom. The van der Waals surface area contributed by atoms with Crippen molar-refractivity contribution in [2.75, 3.05) is 11.9 Å². The van der Waals surface area contributed by atoms with Crippen LogP contribution in [-0.2, 0) is 4.79 Å². The molecule has 1 N–H and O–H groups in total. The van der Waals surface area contributed by atoms with Crippen molar-refractivity contribution in [1.29, 1.82) is 0 Å². The van der Waals surface area contributed by atoms with Crippen LogP contribution in [0, 0.1) is 12.8 Å². The van der Waals surface area contributed by atoms with E-state index >= 15 is 0 Å². The zero-order valence-electron chi connectivity index (χ0n) is 15.4. The highest BCUT2D eigenvalue weighted by molar-refractivity contribution is 5.94. The SMILES string of the molecule is Cc1cccc(OC(C)C(=O)Nc2cccc(OCCC(C)C)c2)c1. The minimum absolute atomic E-state index is 0.194. The van der Waals surface area contributed by atoms with E-state index in [4.69, 9.17) is 9.47 Å². The molecule has 2 aromatic carbocycles. The van der Waals surface area contributed by atoms with Crippen LogP contribution in [0.5, 0.6) is 11.5 Å². The van der Waals surface area contributed by atoms with Gasteiger partial charge in [0.05, 0.1) is 6.61 Å². The van der Waals surface area contributed by atoms with E-state index in [1.807, 2.05) is 55.5 Å². The summed E-state index contributed by atoms with van der Waals surface area (Å²) in [6.07, 6.45) is 0.408. The molecule has 0 spiro atoms. The Labute approximate surface area is 150 Å². The molecule has 0 radical (unpaired) electrons. The number of hydrogen-bond donors (Lipinski definition) is 1. The molecular formula is C21H27NO3. The van der Waals surface area contributed by atoms with E-state index in [1.165, 1.54) is 0 Å². The van der Waals surface area contributed by atoms with E-state index in [0.717, 1.165) is 17.7 Å². The third-order valence-corrected chi connectivity index (χ3v) is 3.74. The Morgan fingerprint density at radius 3 is 2.48 bits per heavy atom. The zero-order valence-corrected chi connectivity index (χ0v) is 15.4. The van der Waals surface area contributed by atoms with Gasteiger partial charge < -0.3 is 14.8 Å². The highest BCUT2D eigenvalue weighted by atomic mass is 16.5. The zero-order chi connectivity index (χ0) is 18.2. The van der Waals surface area contributed by atoms with Crippen LogP contribution in [0.3, 0.4) is 0 Å². The second kappa shape index (κ2) is 9.11. The summed E-state index contributed by atoms with van der Waals surface area (Å²) >= 11 is 0. The van der Waals surface area contributed by atoms with E-state index in [2.05, 4.69) is 19.2 Å². The number of carbonyl (C=O) groups is 1. The molecule has 1 amide bonds. The van der Waals surface area contributed by atoms with Crippen LogP contribution >= 0.6 is 0 Å². The molecule has 0 aliphatic heterocycles. The molecule has 1 atom stereocenters. The number of anilines is 1. The van der Waals surface area contributed by atoms with Gasteiger partial charge in [-0.15, -0.1) is 0 Å². The van der Waals surface area contributed by atoms with Gasteiger partial charge in [-0.25, -0.2) is 0 Å². The van der Waals surface area contributed by atoms with Crippen LogP contribution in [0.15, 0.2) is 48.5 Å². The topological polar surface area (TPSA) is 47.6 Å². The maximum Gasteiger partial charge on any atom is 0.265 e. The van der Waals surface area contributed by atoms with Gasteiger partial charge in [-0.2, -0.15) is 0 Å². The number of ether oxygens (including phenoxy) is 2. The summed E-state index contributed by atoms with van der Waals surface area (Å²) in [6, 6.07) is 15.1. The first-order chi connectivity index (χ1) is 11.9. The quantitative estimate of drug-likeness (QED) is 0.748. The summed E-state index contributed by atoms with van der Waals surface area (Å²) in [5.41, 5.74) is 1.79. The maximum atomic E-state index is 12.3. The van der Waals surface area contributed by atoms with Crippen molar-refractivity contribution in [3.63, 3.8) is 0 Å². The molecule has 0 aliphatic rings. The molecule has 4 heteroatoms. The van der Waals surface area contributed by atoms with Crippen molar-refractivity contribution in [2.24, 2.45) is 5.92 Å². The molecule has 0 bridgehead atoms. The summed E-state index contributed by atoms with van der Waals surface area (Å²) in [4.78, 5) is 12.3. The van der Waals surface area contributed by atoms with Crippen molar-refractivity contribution in [3.8, 4) is 11.5 Å². The summed E-state index contributed by atoms with van der Waals surface area (Å²) in [7, 11) is 0. The standard InChI is InChI=1S/C21H27NO3/c1-15(2)11-12-24-19-9-6-8-18(14-19)22-21(23)17(4)25-20-10-5-7-16(3)13-20/h5-10,13-15,17H,11-12H2,1-4H3,(H,22,23). The minimum atomic E-state index is -0.590. The summed E-state index contributed by atoms with van der Waals surface area (Å²) in [6.45, 7) is 8.72. The van der Waals surface area contributed by atoms with Crippen LogP contribution in [0.1, 0.15) is 32.8 Å². The Balaban J connectivity index is 1.90. The maximum absolute atomic E-state index is 12.3. The molecule has 0 saturated heterocycles. The van der Waals surface area contributed by atoms with E-state index in [9.17, 15) is 4.79 Å². The van der Waals surface area contributed by atoms with Crippen LogP contribution in [0.4, 0.5) is 5.69 Å². The number of nitrogens with one attached hydrogen (secondary N) is 1. The number of carbonyl (C=O) groups excluding carboxylic acids is 1. The number of hydrogen-bond acceptors (Lipinski definition) is 3. The lowest BCUT2D eigenvalue weighted by Gasteiger charge is -2.15. The smallest absolute Gasteiger partial charge is 0.265 e. The largest absolute Gasteiger partial charge is 0.494 e. The second-order valence-corrected chi connectivity index (χ2v) is 6.62. The molecule has 2 rings (SSSR count). The third kappa shape index (κ3) is 6.49. The van der Waals surface area contributed by atoms with E-state index < -0.39 is 6.10 Å². The fourth-order valence-electron chi connectivity index (χ4n) is 2.27. The van der Waals surface area contributed by atoms with Crippen molar-refractivity contribution >= 4 is 11.6 Å². The van der Waals surface area contributed by atoms with Crippen molar-refractivity contribution in [2.45, 2.75) is 40.2 Å². The Bertz CT molecular complexity index is 697. The van der Waals surface area contributed by atoms with E-state index in [1.54, 1.807) is 6.92 Å². The molecular weight excluding hydrogens is 314 g/mol. The first-order valence-corrected chi connectivity index (χ1v) is 8.71. The third-order valence-electron chi connectivity index (χ3n) is 3.74. The summed E-state index contributed by atoms with van der Waals surface area (Å²) in [5.74, 6) is 1.85. The predicted molar refractivity (Wildman–Crippen MR) is 101 cm³/mol. The Hall–Kier alpha value is -2.49. The lowest BCUT2D eigenvalue weighted by Crippen LogP contribution is -2.30. The molecule has 4 nitrogen and oxygen atoms in total. The first-order valence-electron chi connectivity index (χ1n) is 8.71. The van der Waals surface area contributed by atoms with Crippen molar-refractivity contribution in [3.05, 3.63) is 54.1 Å². The van der Waals surface area contributed by atoms with Crippen LogP contribution in [0.25, 0.3) is 0 Å². The molecule has 134 valence electrons. The number of rotatable bonds is 8. The lowest BCUT2D eigenvalue weighted by molar-refractivity contribution is -0.122. The average molecular weight is 341 g/mol. The van der Waals surface area contributed by atoms with Crippen molar-refractivity contribution < 1.29 is 14.3 Å². The Morgan fingerprint density at radius 2 is 1.76 bits per heavy atom. The fraction of sp³-hybridized carbons (Fsp3) is 0.381. The predicted octanol–water partition coefficient (Wildman–Crippen LogP) is 4.83. The monoisotopic (exact) mass is 341 g/mol. The van der Waals surface area contributed by atoms with Gasteiger partial charge in [0.2, 0.25) is 0 Å². The fourth-order valence-corrected chi connectivity index (χ4v) is 2.27. The van der Waals surface area contributed by atoms with Crippen molar-refractivity contribution in [1.82, 2.24) is 0 Å². The van der Waals surface area contributed by atoms with Gasteiger partial charge in [0.1, 0.15) is 11.5 Å². The van der Waals surface area contributed by atoms with Gasteiger partial charge in [0, 0.05) is 11.8 Å². The summed E-state index contributed by atoms with van der Waals surface area (Å²) in [5, 5.41) is 2.87. The molecule has 0 aliphatic carbocycles. The molecule has 2 aromatic rings. The highest BCUT2D eigenvalue weighted by Crippen LogP contribution is 2.19. The number of amides is 1. The Kier molecular flexibility index (Phi) is 6.87. The van der Waals surface area contributed by atoms with Gasteiger partial charge in [0.25, 0.3) is 5.91 Å². The van der Waals surface area contributed by atoms with Gasteiger partial charge >= 0.3 is 0 Å². The van der Waals surface area contributed by atoms with Gasteiger partial charge in [-0.05, 0) is 56.0 Å². The second-order valence-electron chi connectivity index (χ2n) is 6.62. The number of benzene rings is 2. The average Bonchev–Trinajstić information content (AvgIpc) is 2.55. The molecule has 0 saturated carbocycles. The first kappa shape index (κ1) is 18.8. The summed E-state index contributed by atoms with van der Waals surface area (Å²) < 4.78 is 11.4. The van der Waals surface area contributed by atoms with E-state index in [0.29, 0.717) is 24.0 Å². The van der Waals surface area contributed by atoms with Crippen LogP contribution in [0.2, 0.25) is 0 Å². The van der Waals surface area contributed by atoms with Gasteiger partial charge in [-0.3, -0.25) is 4.79 Å². The normalized spacial score (nSPS) is 11.9. The molecule has 0 aromatic heterocycles. The number of aryl methyl sites for hydroxylation is 1. The highest BCUT2D eigenvalue weighted by Gasteiger charge is 2.15. The lowest BCUT2D eigenvalue weighted by atomic mass is 10.1.